The molecule has 1 heterocycles. The van der Waals surface area contributed by atoms with E-state index >= 15 is 0 Å². The first kappa shape index (κ1) is 15.0. The Bertz CT molecular complexity index is 742. The highest BCUT2D eigenvalue weighted by molar-refractivity contribution is 5.59. The van der Waals surface area contributed by atoms with E-state index in [1.54, 1.807) is 0 Å². The van der Waals surface area contributed by atoms with Crippen molar-refractivity contribution in [3.8, 4) is 0 Å². The van der Waals surface area contributed by atoms with Gasteiger partial charge in [-0.25, -0.2) is 9.97 Å². The molecule has 0 saturated carbocycles. The molecule has 0 unspecified atom stereocenters. The van der Waals surface area contributed by atoms with E-state index in [0.29, 0.717) is 0 Å². The molecular weight excluding hydrogens is 284 g/mol. The van der Waals surface area contributed by atoms with Crippen LogP contribution in [0.1, 0.15) is 11.4 Å². The summed E-state index contributed by atoms with van der Waals surface area (Å²) in [5.41, 5.74) is 2.33. The first-order valence-electron chi connectivity index (χ1n) is 7.75. The zero-order valence-electron chi connectivity index (χ0n) is 13.2. The molecule has 116 valence electrons. The topological polar surface area (TPSA) is 49.8 Å². The second-order valence-electron chi connectivity index (χ2n) is 5.34. The number of hydrogen-bond acceptors (Lipinski definition) is 4. The van der Waals surface area contributed by atoms with Crippen molar-refractivity contribution >= 4 is 17.3 Å². The smallest absolute Gasteiger partial charge is 0.136 e. The highest BCUT2D eigenvalue weighted by Crippen LogP contribution is 2.17. The number of hydrogen-bond donors (Lipinski definition) is 2. The van der Waals surface area contributed by atoms with E-state index in [1.165, 1.54) is 5.56 Å². The molecule has 0 spiro atoms. The Kier molecular flexibility index (Phi) is 4.84. The number of para-hydroxylation sites is 1. The van der Waals surface area contributed by atoms with Crippen LogP contribution in [0.4, 0.5) is 17.3 Å². The Morgan fingerprint density at radius 3 is 2.22 bits per heavy atom. The van der Waals surface area contributed by atoms with Gasteiger partial charge in [-0.05, 0) is 31.0 Å². The van der Waals surface area contributed by atoms with Crippen LogP contribution in [0.5, 0.6) is 0 Å². The second-order valence-corrected chi connectivity index (χ2v) is 5.34. The molecule has 1 aromatic heterocycles. The zero-order chi connectivity index (χ0) is 15.9. The Hall–Kier alpha value is -2.88. The summed E-state index contributed by atoms with van der Waals surface area (Å²) >= 11 is 0. The molecule has 2 aromatic carbocycles. The van der Waals surface area contributed by atoms with E-state index in [0.717, 1.165) is 36.1 Å². The second kappa shape index (κ2) is 7.40. The van der Waals surface area contributed by atoms with Crippen molar-refractivity contribution in [1.29, 1.82) is 0 Å². The van der Waals surface area contributed by atoms with Gasteiger partial charge < -0.3 is 10.6 Å². The van der Waals surface area contributed by atoms with Gasteiger partial charge in [0.15, 0.2) is 0 Å². The lowest BCUT2D eigenvalue weighted by Gasteiger charge is -2.10. The van der Waals surface area contributed by atoms with Gasteiger partial charge in [-0.1, -0.05) is 48.5 Å². The molecule has 0 aliphatic heterocycles. The van der Waals surface area contributed by atoms with Crippen LogP contribution in [0, 0.1) is 6.92 Å². The molecule has 3 aromatic rings. The van der Waals surface area contributed by atoms with Gasteiger partial charge in [-0.2, -0.15) is 0 Å². The number of nitrogens with one attached hydrogen (secondary N) is 2. The largest absolute Gasteiger partial charge is 0.370 e. The highest BCUT2D eigenvalue weighted by atomic mass is 15.1. The van der Waals surface area contributed by atoms with Crippen LogP contribution >= 0.6 is 0 Å². The number of anilines is 3. The maximum absolute atomic E-state index is 4.44. The van der Waals surface area contributed by atoms with Gasteiger partial charge in [-0.3, -0.25) is 0 Å². The third kappa shape index (κ3) is 4.54. The third-order valence-corrected chi connectivity index (χ3v) is 3.45. The van der Waals surface area contributed by atoms with Crippen LogP contribution in [0.2, 0.25) is 0 Å². The van der Waals surface area contributed by atoms with Crippen molar-refractivity contribution in [3.05, 3.63) is 78.1 Å². The summed E-state index contributed by atoms with van der Waals surface area (Å²) in [4.78, 5) is 8.88. The van der Waals surface area contributed by atoms with E-state index in [2.05, 4.69) is 44.9 Å². The number of benzene rings is 2. The maximum Gasteiger partial charge on any atom is 0.136 e. The van der Waals surface area contributed by atoms with Gasteiger partial charge in [0.05, 0.1) is 0 Å². The van der Waals surface area contributed by atoms with Gasteiger partial charge in [0.2, 0.25) is 0 Å². The van der Waals surface area contributed by atoms with Gasteiger partial charge in [0, 0.05) is 18.3 Å². The molecule has 0 fully saturated rings. The van der Waals surface area contributed by atoms with Crippen molar-refractivity contribution < 1.29 is 0 Å². The van der Waals surface area contributed by atoms with Gasteiger partial charge in [-0.15, -0.1) is 0 Å². The van der Waals surface area contributed by atoms with E-state index in [9.17, 15) is 0 Å². The van der Waals surface area contributed by atoms with E-state index < -0.39 is 0 Å². The standard InChI is InChI=1S/C19H20N4/c1-15-21-18(20-13-12-16-8-4-2-5-9-16)14-19(22-15)23-17-10-6-3-7-11-17/h2-11,14H,12-13H2,1H3,(H2,20,21,22,23). The predicted molar refractivity (Wildman–Crippen MR) is 95.1 cm³/mol. The van der Waals surface area contributed by atoms with E-state index in [4.69, 9.17) is 0 Å². The van der Waals surface area contributed by atoms with Crippen LogP contribution in [0.15, 0.2) is 66.7 Å². The maximum atomic E-state index is 4.44. The van der Waals surface area contributed by atoms with Crippen LogP contribution in [-0.4, -0.2) is 16.5 Å². The molecular formula is C19H20N4. The van der Waals surface area contributed by atoms with Gasteiger partial charge in [0.25, 0.3) is 0 Å². The predicted octanol–water partition coefficient (Wildman–Crippen LogP) is 4.18. The molecule has 3 rings (SSSR count). The zero-order valence-corrected chi connectivity index (χ0v) is 13.2. The lowest BCUT2D eigenvalue weighted by Crippen LogP contribution is -2.08. The summed E-state index contributed by atoms with van der Waals surface area (Å²) in [6.45, 7) is 2.74. The van der Waals surface area contributed by atoms with Crippen LogP contribution in [0.25, 0.3) is 0 Å². The molecule has 0 saturated heterocycles. The SMILES string of the molecule is Cc1nc(NCCc2ccccc2)cc(Nc2ccccc2)n1. The Balaban J connectivity index is 1.63. The van der Waals surface area contributed by atoms with Crippen LogP contribution in [-0.2, 0) is 6.42 Å². The number of rotatable bonds is 6. The minimum absolute atomic E-state index is 0.744. The average Bonchev–Trinajstić information content (AvgIpc) is 2.56. The lowest BCUT2D eigenvalue weighted by atomic mass is 10.1. The summed E-state index contributed by atoms with van der Waals surface area (Å²) in [6.07, 6.45) is 0.964. The van der Waals surface area contributed by atoms with Crippen LogP contribution < -0.4 is 10.6 Å². The fraction of sp³-hybridized carbons (Fsp3) is 0.158. The molecule has 0 bridgehead atoms. The molecule has 0 atom stereocenters. The Morgan fingerprint density at radius 1 is 0.826 bits per heavy atom. The van der Waals surface area contributed by atoms with Crippen molar-refractivity contribution in [1.82, 2.24) is 9.97 Å². The number of aryl methyl sites for hydroxylation is 1. The summed E-state index contributed by atoms with van der Waals surface area (Å²) in [5, 5.41) is 6.67. The molecule has 0 amide bonds. The van der Waals surface area contributed by atoms with Crippen molar-refractivity contribution in [2.24, 2.45) is 0 Å². The third-order valence-electron chi connectivity index (χ3n) is 3.45. The summed E-state index contributed by atoms with van der Waals surface area (Å²) in [5.74, 6) is 2.38. The van der Waals surface area contributed by atoms with Crippen molar-refractivity contribution in [3.63, 3.8) is 0 Å². The first-order valence-corrected chi connectivity index (χ1v) is 7.75. The summed E-state index contributed by atoms with van der Waals surface area (Å²) < 4.78 is 0. The van der Waals surface area contributed by atoms with Crippen molar-refractivity contribution in [2.45, 2.75) is 13.3 Å². The molecule has 0 aliphatic rings. The van der Waals surface area contributed by atoms with E-state index in [-0.39, 0.29) is 0 Å². The normalized spacial score (nSPS) is 10.3. The number of aromatic nitrogens is 2. The molecule has 2 N–H and O–H groups in total. The first-order chi connectivity index (χ1) is 11.3. The van der Waals surface area contributed by atoms with Crippen molar-refractivity contribution in [2.75, 3.05) is 17.2 Å². The molecule has 23 heavy (non-hydrogen) atoms. The molecule has 0 radical (unpaired) electrons. The van der Waals surface area contributed by atoms with Gasteiger partial charge in [0.1, 0.15) is 17.5 Å². The van der Waals surface area contributed by atoms with E-state index in [1.807, 2.05) is 49.4 Å². The molecule has 0 aliphatic carbocycles. The fourth-order valence-corrected chi connectivity index (χ4v) is 2.37. The fourth-order valence-electron chi connectivity index (χ4n) is 2.37. The lowest BCUT2D eigenvalue weighted by molar-refractivity contribution is 0.983. The average molecular weight is 304 g/mol. The highest BCUT2D eigenvalue weighted by Gasteiger charge is 2.02. The minimum atomic E-state index is 0.744. The summed E-state index contributed by atoms with van der Waals surface area (Å²) in [6, 6.07) is 22.4. The van der Waals surface area contributed by atoms with Crippen LogP contribution in [0.3, 0.4) is 0 Å². The Labute approximate surface area is 136 Å². The Morgan fingerprint density at radius 2 is 1.48 bits per heavy atom. The monoisotopic (exact) mass is 304 g/mol. The quantitative estimate of drug-likeness (QED) is 0.717. The minimum Gasteiger partial charge on any atom is -0.370 e. The summed E-state index contributed by atoms with van der Waals surface area (Å²) in [7, 11) is 0. The molecule has 4 nitrogen and oxygen atoms in total. The molecule has 4 heteroatoms. The number of nitrogens with zero attached hydrogens (tertiary/aromatic N) is 2. The van der Waals surface area contributed by atoms with Gasteiger partial charge >= 0.3 is 0 Å².